The van der Waals surface area contributed by atoms with E-state index in [2.05, 4.69) is 34.1 Å². The molecule has 6 heteroatoms. The SMILES string of the molecule is CN1CCC(CN(C)Cc2nnc(Cl)s2)C1. The number of hydrogen-bond acceptors (Lipinski definition) is 5. The van der Waals surface area contributed by atoms with Gasteiger partial charge in [0, 0.05) is 13.1 Å². The van der Waals surface area contributed by atoms with E-state index >= 15 is 0 Å². The molecular weight excluding hydrogens is 244 g/mol. The predicted molar refractivity (Wildman–Crippen MR) is 66.9 cm³/mol. The van der Waals surface area contributed by atoms with Crippen molar-refractivity contribution in [2.24, 2.45) is 5.92 Å². The largest absolute Gasteiger partial charge is 0.306 e. The quantitative estimate of drug-likeness (QED) is 0.823. The van der Waals surface area contributed by atoms with Crippen LogP contribution in [0.4, 0.5) is 0 Å². The minimum absolute atomic E-state index is 0.531. The van der Waals surface area contributed by atoms with E-state index in [0.717, 1.165) is 24.0 Å². The Bertz CT molecular complexity index is 343. The lowest BCUT2D eigenvalue weighted by atomic mass is 10.1. The molecule has 1 fully saturated rings. The first-order valence-corrected chi connectivity index (χ1v) is 6.68. The van der Waals surface area contributed by atoms with Gasteiger partial charge in [0.2, 0.25) is 4.47 Å². The van der Waals surface area contributed by atoms with Crippen molar-refractivity contribution >= 4 is 22.9 Å². The lowest BCUT2D eigenvalue weighted by Crippen LogP contribution is -2.27. The summed E-state index contributed by atoms with van der Waals surface area (Å²) >= 11 is 7.22. The lowest BCUT2D eigenvalue weighted by molar-refractivity contribution is 0.266. The number of rotatable bonds is 4. The molecule has 0 spiro atoms. The fraction of sp³-hybridized carbons (Fsp3) is 0.800. The van der Waals surface area contributed by atoms with Gasteiger partial charge in [-0.2, -0.15) is 0 Å². The third-order valence-electron chi connectivity index (χ3n) is 2.91. The van der Waals surface area contributed by atoms with Gasteiger partial charge in [-0.1, -0.05) is 11.3 Å². The Morgan fingerprint density at radius 3 is 2.94 bits per heavy atom. The molecule has 0 N–H and O–H groups in total. The summed E-state index contributed by atoms with van der Waals surface area (Å²) in [6.07, 6.45) is 1.30. The maximum absolute atomic E-state index is 5.75. The molecule has 0 bridgehead atoms. The lowest BCUT2D eigenvalue weighted by Gasteiger charge is -2.19. The molecular formula is C10H17ClN4S. The van der Waals surface area contributed by atoms with Crippen LogP contribution in [-0.2, 0) is 6.54 Å². The fourth-order valence-corrected chi connectivity index (χ4v) is 3.16. The predicted octanol–water partition coefficient (Wildman–Crippen LogP) is 1.57. The summed E-state index contributed by atoms with van der Waals surface area (Å²) in [7, 11) is 4.32. The summed E-state index contributed by atoms with van der Waals surface area (Å²) in [6.45, 7) is 4.41. The van der Waals surface area contributed by atoms with Crippen LogP contribution in [-0.4, -0.2) is 53.7 Å². The van der Waals surface area contributed by atoms with Crippen molar-refractivity contribution in [3.63, 3.8) is 0 Å². The van der Waals surface area contributed by atoms with Crippen LogP contribution in [0.25, 0.3) is 0 Å². The Labute approximate surface area is 105 Å². The highest BCUT2D eigenvalue weighted by molar-refractivity contribution is 7.15. The Hall–Kier alpha value is -0.230. The summed E-state index contributed by atoms with van der Waals surface area (Å²) in [4.78, 5) is 4.70. The van der Waals surface area contributed by atoms with E-state index in [0.29, 0.717) is 4.47 Å². The van der Waals surface area contributed by atoms with E-state index in [1.807, 2.05) is 0 Å². The van der Waals surface area contributed by atoms with Crippen molar-refractivity contribution in [3.8, 4) is 0 Å². The Morgan fingerprint density at radius 1 is 1.56 bits per heavy atom. The molecule has 0 aliphatic carbocycles. The highest BCUT2D eigenvalue weighted by Gasteiger charge is 2.21. The van der Waals surface area contributed by atoms with Crippen LogP contribution < -0.4 is 0 Å². The Kier molecular flexibility index (Phi) is 4.13. The molecule has 0 aromatic carbocycles. The van der Waals surface area contributed by atoms with Crippen LogP contribution in [0.15, 0.2) is 0 Å². The molecule has 1 aromatic heterocycles. The smallest absolute Gasteiger partial charge is 0.207 e. The molecule has 2 rings (SSSR count). The van der Waals surface area contributed by atoms with Crippen LogP contribution in [0.1, 0.15) is 11.4 Å². The number of likely N-dealkylation sites (tertiary alicyclic amines) is 1. The van der Waals surface area contributed by atoms with Gasteiger partial charge in [-0.25, -0.2) is 0 Å². The molecule has 0 saturated carbocycles. The summed E-state index contributed by atoms with van der Waals surface area (Å²) in [5, 5.41) is 8.84. The van der Waals surface area contributed by atoms with Crippen molar-refractivity contribution in [1.82, 2.24) is 20.0 Å². The van der Waals surface area contributed by atoms with Gasteiger partial charge in [0.15, 0.2) is 0 Å². The van der Waals surface area contributed by atoms with Crippen LogP contribution in [0, 0.1) is 5.92 Å². The van der Waals surface area contributed by atoms with Gasteiger partial charge in [0.1, 0.15) is 5.01 Å². The maximum Gasteiger partial charge on any atom is 0.207 e. The van der Waals surface area contributed by atoms with Crippen molar-refractivity contribution < 1.29 is 0 Å². The van der Waals surface area contributed by atoms with E-state index in [1.165, 1.54) is 30.8 Å². The van der Waals surface area contributed by atoms with Gasteiger partial charge in [-0.05, 0) is 44.6 Å². The average Bonchev–Trinajstić information content (AvgIpc) is 2.76. The van der Waals surface area contributed by atoms with Gasteiger partial charge in [-0.3, -0.25) is 4.90 Å². The van der Waals surface area contributed by atoms with Crippen molar-refractivity contribution in [2.75, 3.05) is 33.7 Å². The Balaban J connectivity index is 1.78. The second kappa shape index (κ2) is 5.40. The van der Waals surface area contributed by atoms with Crippen LogP contribution in [0.5, 0.6) is 0 Å². The first-order chi connectivity index (χ1) is 7.63. The number of halogens is 1. The summed E-state index contributed by atoms with van der Waals surface area (Å²) in [5.74, 6) is 0.790. The third kappa shape index (κ3) is 3.38. The number of hydrogen-bond donors (Lipinski definition) is 0. The molecule has 1 atom stereocenters. The molecule has 1 aliphatic heterocycles. The zero-order chi connectivity index (χ0) is 11.5. The van der Waals surface area contributed by atoms with E-state index in [-0.39, 0.29) is 0 Å². The van der Waals surface area contributed by atoms with Crippen LogP contribution >= 0.6 is 22.9 Å². The normalized spacial score (nSPS) is 22.1. The molecule has 0 radical (unpaired) electrons. The molecule has 1 saturated heterocycles. The molecule has 1 unspecified atom stereocenters. The topological polar surface area (TPSA) is 32.3 Å². The second-order valence-corrected chi connectivity index (χ2v) is 6.21. The molecule has 0 amide bonds. The monoisotopic (exact) mass is 260 g/mol. The summed E-state index contributed by atoms with van der Waals surface area (Å²) in [5.41, 5.74) is 0. The van der Waals surface area contributed by atoms with E-state index in [9.17, 15) is 0 Å². The fourth-order valence-electron chi connectivity index (χ4n) is 2.21. The maximum atomic E-state index is 5.75. The van der Waals surface area contributed by atoms with Crippen LogP contribution in [0.2, 0.25) is 4.47 Å². The average molecular weight is 261 g/mol. The van der Waals surface area contributed by atoms with E-state index < -0.39 is 0 Å². The first-order valence-electron chi connectivity index (χ1n) is 5.48. The van der Waals surface area contributed by atoms with Gasteiger partial charge in [-0.15, -0.1) is 10.2 Å². The minimum atomic E-state index is 0.531. The molecule has 2 heterocycles. The van der Waals surface area contributed by atoms with Crippen molar-refractivity contribution in [2.45, 2.75) is 13.0 Å². The molecule has 16 heavy (non-hydrogen) atoms. The van der Waals surface area contributed by atoms with Gasteiger partial charge >= 0.3 is 0 Å². The summed E-state index contributed by atoms with van der Waals surface area (Å²) < 4.78 is 0.531. The highest BCUT2D eigenvalue weighted by Crippen LogP contribution is 2.19. The third-order valence-corrected chi connectivity index (χ3v) is 3.91. The van der Waals surface area contributed by atoms with Crippen molar-refractivity contribution in [1.29, 1.82) is 0 Å². The Morgan fingerprint density at radius 2 is 2.38 bits per heavy atom. The highest BCUT2D eigenvalue weighted by atomic mass is 35.5. The zero-order valence-electron chi connectivity index (χ0n) is 9.69. The zero-order valence-corrected chi connectivity index (χ0v) is 11.3. The first kappa shape index (κ1) is 12.2. The standard InChI is InChI=1S/C10H17ClN4S/c1-14-4-3-8(5-14)6-15(2)7-9-12-13-10(11)16-9/h8H,3-7H2,1-2H3. The summed E-state index contributed by atoms with van der Waals surface area (Å²) in [6, 6.07) is 0. The molecule has 1 aliphatic rings. The van der Waals surface area contributed by atoms with Crippen LogP contribution in [0.3, 0.4) is 0 Å². The molecule has 4 nitrogen and oxygen atoms in total. The number of nitrogens with zero attached hydrogens (tertiary/aromatic N) is 4. The van der Waals surface area contributed by atoms with Gasteiger partial charge in [0.05, 0.1) is 6.54 Å². The van der Waals surface area contributed by atoms with Gasteiger partial charge < -0.3 is 4.90 Å². The molecule has 90 valence electrons. The molecule has 1 aromatic rings. The van der Waals surface area contributed by atoms with Gasteiger partial charge in [0.25, 0.3) is 0 Å². The minimum Gasteiger partial charge on any atom is -0.306 e. The van der Waals surface area contributed by atoms with E-state index in [1.54, 1.807) is 0 Å². The van der Waals surface area contributed by atoms with Crippen molar-refractivity contribution in [3.05, 3.63) is 9.47 Å². The second-order valence-electron chi connectivity index (χ2n) is 4.56. The van der Waals surface area contributed by atoms with E-state index in [4.69, 9.17) is 11.6 Å². The number of aromatic nitrogens is 2.